The first kappa shape index (κ1) is 13.3. The average molecular weight is 243 g/mol. The van der Waals surface area contributed by atoms with Crippen molar-refractivity contribution in [3.05, 3.63) is 0 Å². The highest BCUT2D eigenvalue weighted by Gasteiger charge is 2.45. The van der Waals surface area contributed by atoms with Gasteiger partial charge in [0.05, 0.1) is 0 Å². The second-order valence-corrected chi connectivity index (χ2v) is 5.27. The molecule has 0 aromatic rings. The van der Waals surface area contributed by atoms with E-state index in [0.717, 1.165) is 25.7 Å². The largest absolute Gasteiger partial charge is 0.532 e. The normalized spacial score (nSPS) is 47.3. The molecule has 1 spiro atoms. The van der Waals surface area contributed by atoms with Gasteiger partial charge in [0.1, 0.15) is 0 Å². The lowest BCUT2D eigenvalue weighted by molar-refractivity contribution is -0.163. The summed E-state index contributed by atoms with van der Waals surface area (Å²) in [6, 6.07) is 0. The van der Waals surface area contributed by atoms with Crippen LogP contribution in [0.3, 0.4) is 0 Å². The number of hydrogen-bond acceptors (Lipinski definition) is 4. The average Bonchev–Trinajstić information content (AvgIpc) is 2.26. The molecular formula is C12H24BO4-. The van der Waals surface area contributed by atoms with Gasteiger partial charge in [-0.2, -0.15) is 0 Å². The third kappa shape index (κ3) is 3.02. The molecule has 4 nitrogen and oxygen atoms in total. The molecule has 0 bridgehead atoms. The van der Waals surface area contributed by atoms with Crippen molar-refractivity contribution in [3.63, 3.8) is 0 Å². The van der Waals surface area contributed by atoms with Gasteiger partial charge in [-0.1, -0.05) is 13.8 Å². The predicted molar refractivity (Wildman–Crippen MR) is 66.4 cm³/mol. The zero-order valence-electron chi connectivity index (χ0n) is 11.3. The molecule has 2 saturated heterocycles. The first-order valence-electron chi connectivity index (χ1n) is 6.90. The molecule has 17 heavy (non-hydrogen) atoms. The van der Waals surface area contributed by atoms with Gasteiger partial charge in [0.2, 0.25) is 0 Å². The molecule has 0 radical (unpaired) electrons. The topological polar surface area (TPSA) is 36.9 Å². The van der Waals surface area contributed by atoms with Crippen LogP contribution in [0.1, 0.15) is 53.4 Å². The highest BCUT2D eigenvalue weighted by atomic mass is 16.9. The zero-order chi connectivity index (χ0) is 12.5. The molecular weight excluding hydrogens is 219 g/mol. The summed E-state index contributed by atoms with van der Waals surface area (Å²) in [6.07, 6.45) is 4.40. The van der Waals surface area contributed by atoms with Gasteiger partial charge in [0, 0.05) is 24.4 Å². The highest BCUT2D eigenvalue weighted by molar-refractivity contribution is 6.54. The maximum atomic E-state index is 5.93. The summed E-state index contributed by atoms with van der Waals surface area (Å²) >= 11 is 0. The third-order valence-corrected chi connectivity index (χ3v) is 3.62. The molecule has 2 aliphatic rings. The number of hydrogen-bond donors (Lipinski definition) is 0. The molecule has 0 amide bonds. The van der Waals surface area contributed by atoms with Crippen LogP contribution in [-0.4, -0.2) is 31.4 Å². The van der Waals surface area contributed by atoms with Crippen LogP contribution in [0.5, 0.6) is 0 Å². The van der Waals surface area contributed by atoms with Crippen LogP contribution in [0.2, 0.25) is 0 Å². The summed E-state index contributed by atoms with van der Waals surface area (Å²) in [4.78, 5) is 0. The van der Waals surface area contributed by atoms with E-state index in [-0.39, 0.29) is 24.4 Å². The Morgan fingerprint density at radius 3 is 1.59 bits per heavy atom. The SMILES string of the molecule is CCC1CC(C)O[B-]2(OC(C)CC(CC)O2)O1. The van der Waals surface area contributed by atoms with Crippen molar-refractivity contribution in [3.8, 4) is 0 Å². The Morgan fingerprint density at radius 2 is 1.24 bits per heavy atom. The van der Waals surface area contributed by atoms with Crippen LogP contribution in [0.25, 0.3) is 0 Å². The van der Waals surface area contributed by atoms with Crippen molar-refractivity contribution in [2.45, 2.75) is 77.8 Å². The first-order valence-corrected chi connectivity index (χ1v) is 6.90. The van der Waals surface area contributed by atoms with E-state index in [4.69, 9.17) is 18.6 Å². The standard InChI is InChI=1S/C12H24BO4/c1-5-11-7-9(3)14-13(16-11)15-10(4)8-12(6-2)17-13/h9-12H,5-8H2,1-4H3/q-1. The van der Waals surface area contributed by atoms with E-state index in [9.17, 15) is 0 Å². The van der Waals surface area contributed by atoms with Gasteiger partial charge in [0.25, 0.3) is 0 Å². The fourth-order valence-corrected chi connectivity index (χ4v) is 2.72. The summed E-state index contributed by atoms with van der Waals surface area (Å²) in [6.45, 7) is 6.38. The van der Waals surface area contributed by atoms with E-state index >= 15 is 0 Å². The van der Waals surface area contributed by atoms with E-state index in [0.29, 0.717) is 0 Å². The van der Waals surface area contributed by atoms with E-state index < -0.39 is 6.96 Å². The highest BCUT2D eigenvalue weighted by Crippen LogP contribution is 2.34. The molecule has 4 unspecified atom stereocenters. The van der Waals surface area contributed by atoms with E-state index in [2.05, 4.69) is 27.7 Å². The minimum absolute atomic E-state index is 0.136. The number of rotatable bonds is 2. The molecule has 4 atom stereocenters. The predicted octanol–water partition coefficient (Wildman–Crippen LogP) is 2.63. The molecule has 0 N–H and O–H groups in total. The van der Waals surface area contributed by atoms with Crippen molar-refractivity contribution in [2.75, 3.05) is 0 Å². The van der Waals surface area contributed by atoms with Crippen LogP contribution in [0, 0.1) is 0 Å². The quantitative estimate of drug-likeness (QED) is 0.698. The Balaban J connectivity index is 2.10. The molecule has 5 heteroatoms. The maximum Gasteiger partial charge on any atom is 0.532 e. The monoisotopic (exact) mass is 243 g/mol. The van der Waals surface area contributed by atoms with E-state index in [1.165, 1.54) is 0 Å². The van der Waals surface area contributed by atoms with Crippen molar-refractivity contribution < 1.29 is 18.6 Å². The lowest BCUT2D eigenvalue weighted by Gasteiger charge is -2.55. The van der Waals surface area contributed by atoms with Gasteiger partial charge in [-0.25, -0.2) is 0 Å². The summed E-state index contributed by atoms with van der Waals surface area (Å²) in [5, 5.41) is 0. The van der Waals surface area contributed by atoms with Gasteiger partial charge >= 0.3 is 6.96 Å². The van der Waals surface area contributed by atoms with Crippen LogP contribution in [0.4, 0.5) is 0 Å². The van der Waals surface area contributed by atoms with E-state index in [1.54, 1.807) is 0 Å². The van der Waals surface area contributed by atoms with Gasteiger partial charge < -0.3 is 18.6 Å². The minimum atomic E-state index is -1.98. The van der Waals surface area contributed by atoms with Crippen LogP contribution in [-0.2, 0) is 18.6 Å². The first-order chi connectivity index (χ1) is 8.07. The van der Waals surface area contributed by atoms with Crippen LogP contribution >= 0.6 is 0 Å². The molecule has 0 aromatic heterocycles. The summed E-state index contributed by atoms with van der Waals surface area (Å²) in [5.74, 6) is 0. The van der Waals surface area contributed by atoms with Gasteiger partial charge in [-0.15, -0.1) is 0 Å². The van der Waals surface area contributed by atoms with Crippen LogP contribution < -0.4 is 0 Å². The minimum Gasteiger partial charge on any atom is -0.516 e. The second-order valence-electron chi connectivity index (χ2n) is 5.27. The van der Waals surface area contributed by atoms with E-state index in [1.807, 2.05) is 0 Å². The summed E-state index contributed by atoms with van der Waals surface area (Å²) in [5.41, 5.74) is 0. The van der Waals surface area contributed by atoms with Crippen molar-refractivity contribution in [2.24, 2.45) is 0 Å². The fraction of sp³-hybridized carbons (Fsp3) is 1.00. The Morgan fingerprint density at radius 1 is 0.824 bits per heavy atom. The lowest BCUT2D eigenvalue weighted by Crippen LogP contribution is -2.62. The Kier molecular flexibility index (Phi) is 4.13. The van der Waals surface area contributed by atoms with Crippen molar-refractivity contribution in [1.82, 2.24) is 0 Å². The van der Waals surface area contributed by atoms with Crippen LogP contribution in [0.15, 0.2) is 0 Å². The zero-order valence-corrected chi connectivity index (χ0v) is 11.3. The molecule has 0 aliphatic carbocycles. The Labute approximate surface area is 104 Å². The summed E-state index contributed by atoms with van der Waals surface area (Å²) in [7, 11) is 0. The third-order valence-electron chi connectivity index (χ3n) is 3.62. The molecule has 2 heterocycles. The maximum absolute atomic E-state index is 5.93. The Bertz CT molecular complexity index is 235. The lowest BCUT2D eigenvalue weighted by atomic mass is 9.91. The molecule has 2 fully saturated rings. The molecule has 2 aliphatic heterocycles. The van der Waals surface area contributed by atoms with Crippen molar-refractivity contribution >= 4 is 6.96 Å². The summed E-state index contributed by atoms with van der Waals surface area (Å²) < 4.78 is 23.6. The van der Waals surface area contributed by atoms with Gasteiger partial charge in [-0.3, -0.25) is 0 Å². The Hall–Kier alpha value is -0.0951. The second kappa shape index (κ2) is 5.27. The van der Waals surface area contributed by atoms with Crippen molar-refractivity contribution in [1.29, 1.82) is 0 Å². The van der Waals surface area contributed by atoms with Gasteiger partial charge in [0.15, 0.2) is 0 Å². The molecule has 100 valence electrons. The molecule has 2 rings (SSSR count). The molecule has 0 saturated carbocycles. The molecule has 0 aromatic carbocycles. The van der Waals surface area contributed by atoms with Gasteiger partial charge in [-0.05, 0) is 39.5 Å². The smallest absolute Gasteiger partial charge is 0.516 e. The fourth-order valence-electron chi connectivity index (χ4n) is 2.72.